The number of para-hydroxylation sites is 2. The lowest BCUT2D eigenvalue weighted by atomic mass is 10.2. The van der Waals surface area contributed by atoms with Crippen LogP contribution in [0.25, 0.3) is 5.69 Å². The summed E-state index contributed by atoms with van der Waals surface area (Å²) in [6.07, 6.45) is -3.07. The molecule has 0 saturated carbocycles. The monoisotopic (exact) mass is 456 g/mol. The third-order valence-electron chi connectivity index (χ3n) is 4.06. The molecule has 30 heavy (non-hydrogen) atoms. The van der Waals surface area contributed by atoms with Crippen molar-refractivity contribution in [3.05, 3.63) is 59.4 Å². The van der Waals surface area contributed by atoms with E-state index in [1.165, 1.54) is 13.4 Å². The Balaban J connectivity index is 1.78. The van der Waals surface area contributed by atoms with Gasteiger partial charge < -0.3 is 10.1 Å². The molecule has 3 aromatic rings. The van der Waals surface area contributed by atoms with E-state index in [2.05, 4.69) is 15.5 Å². The predicted octanol–water partition coefficient (Wildman–Crippen LogP) is 5.07. The minimum atomic E-state index is -4.55. The van der Waals surface area contributed by atoms with Crippen LogP contribution < -0.4 is 10.1 Å². The van der Waals surface area contributed by atoms with Crippen molar-refractivity contribution >= 4 is 35.0 Å². The Bertz CT molecular complexity index is 1060. The molecule has 3 rings (SSSR count). The lowest BCUT2D eigenvalue weighted by Crippen LogP contribution is -2.23. The Hall–Kier alpha value is -2.72. The standard InChI is InChI=1S/C19H16ClF3N4O2S/c1-11(17(28)25-14-9-12(19(21,22)23)7-8-13(14)20)30-18-26-24-10-27(18)15-5-3-4-6-16(15)29-2/h3-11H,1-2H3,(H,25,28)/t11-/m1/s1. The van der Waals surface area contributed by atoms with Gasteiger partial charge in [0.15, 0.2) is 5.16 Å². The molecule has 0 saturated heterocycles. The number of hydrogen-bond acceptors (Lipinski definition) is 5. The first-order valence-corrected chi connectivity index (χ1v) is 9.84. The minimum Gasteiger partial charge on any atom is -0.495 e. The molecule has 0 aliphatic rings. The largest absolute Gasteiger partial charge is 0.495 e. The van der Waals surface area contributed by atoms with E-state index in [9.17, 15) is 18.0 Å². The van der Waals surface area contributed by atoms with Gasteiger partial charge in [0, 0.05) is 0 Å². The first-order valence-electron chi connectivity index (χ1n) is 8.58. The van der Waals surface area contributed by atoms with Crippen molar-refractivity contribution < 1.29 is 22.7 Å². The normalized spacial score (nSPS) is 12.5. The number of alkyl halides is 3. The van der Waals surface area contributed by atoms with Crippen molar-refractivity contribution in [2.75, 3.05) is 12.4 Å². The number of aromatic nitrogens is 3. The second kappa shape index (κ2) is 8.97. The summed E-state index contributed by atoms with van der Waals surface area (Å²) in [5, 5.41) is 10.1. The number of ether oxygens (including phenoxy) is 1. The zero-order chi connectivity index (χ0) is 21.9. The van der Waals surface area contributed by atoms with Gasteiger partial charge in [0.05, 0.1) is 34.3 Å². The molecular formula is C19H16ClF3N4O2S. The molecule has 6 nitrogen and oxygen atoms in total. The maximum absolute atomic E-state index is 12.9. The smallest absolute Gasteiger partial charge is 0.416 e. The molecule has 2 aromatic carbocycles. The van der Waals surface area contributed by atoms with E-state index in [4.69, 9.17) is 16.3 Å². The van der Waals surface area contributed by atoms with Crippen molar-refractivity contribution in [1.82, 2.24) is 14.8 Å². The number of carbonyl (C=O) groups is 1. The second-order valence-corrected chi connectivity index (χ2v) is 7.81. The number of halogens is 4. The highest BCUT2D eigenvalue weighted by Gasteiger charge is 2.31. The summed E-state index contributed by atoms with van der Waals surface area (Å²) in [5.74, 6) is 0.0582. The van der Waals surface area contributed by atoms with Gasteiger partial charge >= 0.3 is 6.18 Å². The van der Waals surface area contributed by atoms with Crippen molar-refractivity contribution in [3.8, 4) is 11.4 Å². The number of rotatable bonds is 6. The van der Waals surface area contributed by atoms with Gasteiger partial charge in [-0.05, 0) is 37.3 Å². The SMILES string of the molecule is COc1ccccc1-n1cnnc1S[C@H](C)C(=O)Nc1cc(C(F)(F)F)ccc1Cl. The van der Waals surface area contributed by atoms with E-state index in [0.29, 0.717) is 16.6 Å². The number of thioether (sulfide) groups is 1. The van der Waals surface area contributed by atoms with Crippen LogP contribution in [-0.4, -0.2) is 33.0 Å². The number of hydrogen-bond donors (Lipinski definition) is 1. The molecule has 1 heterocycles. The predicted molar refractivity (Wildman–Crippen MR) is 108 cm³/mol. The topological polar surface area (TPSA) is 69.0 Å². The molecule has 11 heteroatoms. The van der Waals surface area contributed by atoms with Gasteiger partial charge in [0.2, 0.25) is 5.91 Å². The summed E-state index contributed by atoms with van der Waals surface area (Å²) in [7, 11) is 1.53. The first-order chi connectivity index (χ1) is 14.2. The van der Waals surface area contributed by atoms with Crippen molar-refractivity contribution in [3.63, 3.8) is 0 Å². The highest BCUT2D eigenvalue weighted by molar-refractivity contribution is 8.00. The van der Waals surface area contributed by atoms with Gasteiger partial charge in [0.1, 0.15) is 12.1 Å². The number of carbonyl (C=O) groups excluding carboxylic acids is 1. The lowest BCUT2D eigenvalue weighted by molar-refractivity contribution is -0.137. The van der Waals surface area contributed by atoms with E-state index in [1.54, 1.807) is 23.6 Å². The number of benzene rings is 2. The molecule has 0 fully saturated rings. The van der Waals surface area contributed by atoms with Gasteiger partial charge in [-0.2, -0.15) is 13.2 Å². The van der Waals surface area contributed by atoms with E-state index in [-0.39, 0.29) is 10.7 Å². The summed E-state index contributed by atoms with van der Waals surface area (Å²) >= 11 is 7.04. The van der Waals surface area contributed by atoms with Crippen molar-refractivity contribution in [1.29, 1.82) is 0 Å². The zero-order valence-corrected chi connectivity index (χ0v) is 17.3. The summed E-state index contributed by atoms with van der Waals surface area (Å²) in [6, 6.07) is 9.96. The number of methoxy groups -OCH3 is 1. The third-order valence-corrected chi connectivity index (χ3v) is 5.45. The maximum atomic E-state index is 12.9. The van der Waals surface area contributed by atoms with Crippen LogP contribution in [0.5, 0.6) is 5.75 Å². The van der Waals surface area contributed by atoms with Crippen LogP contribution in [0.1, 0.15) is 12.5 Å². The van der Waals surface area contributed by atoms with Crippen molar-refractivity contribution in [2.24, 2.45) is 0 Å². The number of nitrogens with zero attached hydrogens (tertiary/aromatic N) is 3. The summed E-state index contributed by atoms with van der Waals surface area (Å²) in [4.78, 5) is 12.6. The highest BCUT2D eigenvalue weighted by Crippen LogP contribution is 2.34. The van der Waals surface area contributed by atoms with Gasteiger partial charge in [0.25, 0.3) is 0 Å². The van der Waals surface area contributed by atoms with E-state index < -0.39 is 22.9 Å². The van der Waals surface area contributed by atoms with Gasteiger partial charge in [-0.1, -0.05) is 35.5 Å². The average molecular weight is 457 g/mol. The molecule has 1 aromatic heterocycles. The minimum absolute atomic E-state index is 0.00531. The number of nitrogens with one attached hydrogen (secondary N) is 1. The second-order valence-electron chi connectivity index (χ2n) is 6.10. The Labute approximate surface area is 179 Å². The maximum Gasteiger partial charge on any atom is 0.416 e. The molecule has 0 radical (unpaired) electrons. The van der Waals surface area contributed by atoms with Crippen LogP contribution >= 0.6 is 23.4 Å². The lowest BCUT2D eigenvalue weighted by Gasteiger charge is -2.15. The molecule has 0 unspecified atom stereocenters. The van der Waals surface area contributed by atoms with Gasteiger partial charge in [-0.3, -0.25) is 9.36 Å². The fraction of sp³-hybridized carbons (Fsp3) is 0.211. The van der Waals surface area contributed by atoms with Crippen LogP contribution in [0.3, 0.4) is 0 Å². The molecule has 0 aliphatic carbocycles. The molecule has 1 atom stereocenters. The molecule has 158 valence electrons. The first kappa shape index (κ1) is 22.0. The molecule has 1 N–H and O–H groups in total. The Morgan fingerprint density at radius 3 is 2.70 bits per heavy atom. The highest BCUT2D eigenvalue weighted by atomic mass is 35.5. The molecular weight excluding hydrogens is 441 g/mol. The fourth-order valence-electron chi connectivity index (χ4n) is 2.54. The van der Waals surface area contributed by atoms with Crippen molar-refractivity contribution in [2.45, 2.75) is 23.5 Å². The Morgan fingerprint density at radius 1 is 1.27 bits per heavy atom. The van der Waals surface area contributed by atoms with Gasteiger partial charge in [-0.25, -0.2) is 0 Å². The molecule has 0 spiro atoms. The summed E-state index contributed by atoms with van der Waals surface area (Å²) in [6.45, 7) is 1.60. The van der Waals surface area contributed by atoms with Crippen LogP contribution in [0, 0.1) is 0 Å². The molecule has 1 amide bonds. The van der Waals surface area contributed by atoms with E-state index in [0.717, 1.165) is 30.0 Å². The van der Waals surface area contributed by atoms with E-state index >= 15 is 0 Å². The fourth-order valence-corrected chi connectivity index (χ4v) is 3.54. The number of anilines is 1. The van der Waals surface area contributed by atoms with Gasteiger partial charge in [-0.15, -0.1) is 10.2 Å². The van der Waals surface area contributed by atoms with Crippen LogP contribution in [0.15, 0.2) is 53.9 Å². The van der Waals surface area contributed by atoms with E-state index in [1.807, 2.05) is 12.1 Å². The molecule has 0 bridgehead atoms. The zero-order valence-electron chi connectivity index (χ0n) is 15.8. The third kappa shape index (κ3) is 4.88. The Kier molecular flexibility index (Phi) is 6.57. The quantitative estimate of drug-likeness (QED) is 0.524. The average Bonchev–Trinajstić information content (AvgIpc) is 3.16. The molecule has 0 aliphatic heterocycles. The van der Waals surface area contributed by atoms with Crippen LogP contribution in [-0.2, 0) is 11.0 Å². The summed E-state index contributed by atoms with van der Waals surface area (Å²) < 4.78 is 45.8. The Morgan fingerprint density at radius 2 is 2.00 bits per heavy atom. The number of amides is 1. The summed E-state index contributed by atoms with van der Waals surface area (Å²) in [5.41, 5.74) is -0.338. The van der Waals surface area contributed by atoms with Crippen LogP contribution in [0.2, 0.25) is 5.02 Å². The van der Waals surface area contributed by atoms with Crippen LogP contribution in [0.4, 0.5) is 18.9 Å².